The number of benzene rings is 3. The molecule has 4 aromatic carbocycles. The molecule has 0 aliphatic rings. The van der Waals surface area contributed by atoms with Crippen LogP contribution in [0.5, 0.6) is 5.75 Å². The molecule has 0 bridgehead atoms. The van der Waals surface area contributed by atoms with Crippen LogP contribution in [0.1, 0.15) is 0 Å². The number of ether oxygens (including phenoxy) is 1. The predicted molar refractivity (Wildman–Crippen MR) is 120 cm³/mol. The average molecular weight is 416 g/mol. The van der Waals surface area contributed by atoms with Crippen molar-refractivity contribution in [2.24, 2.45) is 0 Å². The number of nitrogens with zero attached hydrogens (tertiary/aromatic N) is 1. The Labute approximate surface area is 176 Å². The highest BCUT2D eigenvalue weighted by molar-refractivity contribution is 6.31. The van der Waals surface area contributed by atoms with Crippen molar-refractivity contribution in [3.05, 3.63) is 93.9 Å². The summed E-state index contributed by atoms with van der Waals surface area (Å²) in [6.07, 6.45) is 0. The second-order valence-electron chi connectivity index (χ2n) is 7.04. The van der Waals surface area contributed by atoms with E-state index in [-0.39, 0.29) is 10.5 Å². The minimum absolute atomic E-state index is 0.0172. The minimum atomic E-state index is -0.485. The maximum Gasteiger partial charge on any atom is 0.194 e. The van der Waals surface area contributed by atoms with E-state index in [1.807, 2.05) is 48.5 Å². The molecule has 0 aliphatic heterocycles. The number of rotatable bonds is 2. The highest BCUT2D eigenvalue weighted by Crippen LogP contribution is 2.32. The highest BCUT2D eigenvalue weighted by atomic mass is 35.5. The Kier molecular flexibility index (Phi) is 4.37. The standard InChI is InChI=1S/C25H15ClFNO2/c1-30-24-12-16(22-9-7-15-11-21(27)20(26)13-23(15)28-22)10-19-18(24)8-6-14-4-2-3-5-17(14)25(19)29/h2-13H,1H3. The van der Waals surface area contributed by atoms with Gasteiger partial charge in [0.25, 0.3) is 0 Å². The molecule has 0 saturated heterocycles. The summed E-state index contributed by atoms with van der Waals surface area (Å²) in [5.41, 5.74) is 1.87. The van der Waals surface area contributed by atoms with Crippen LogP contribution < -0.4 is 10.2 Å². The molecule has 5 aromatic rings. The quantitative estimate of drug-likeness (QED) is 0.336. The predicted octanol–water partition coefficient (Wildman–Crippen LogP) is 6.37. The van der Waals surface area contributed by atoms with Gasteiger partial charge in [0, 0.05) is 27.1 Å². The van der Waals surface area contributed by atoms with Crippen molar-refractivity contribution in [1.82, 2.24) is 4.98 Å². The number of pyridine rings is 1. The smallest absolute Gasteiger partial charge is 0.194 e. The molecule has 0 aliphatic carbocycles. The summed E-state index contributed by atoms with van der Waals surface area (Å²) < 4.78 is 19.3. The van der Waals surface area contributed by atoms with Crippen molar-refractivity contribution in [3.63, 3.8) is 0 Å². The van der Waals surface area contributed by atoms with Crippen LogP contribution in [0.25, 0.3) is 43.7 Å². The maximum absolute atomic E-state index is 13.7. The van der Waals surface area contributed by atoms with Crippen molar-refractivity contribution in [2.75, 3.05) is 7.11 Å². The molecule has 146 valence electrons. The third kappa shape index (κ3) is 2.97. The Bertz CT molecular complexity index is 1530. The van der Waals surface area contributed by atoms with Crippen molar-refractivity contribution in [2.45, 2.75) is 0 Å². The number of halogens is 2. The van der Waals surface area contributed by atoms with Crippen LogP contribution in [0.2, 0.25) is 5.02 Å². The second-order valence-corrected chi connectivity index (χ2v) is 7.45. The van der Waals surface area contributed by atoms with E-state index in [4.69, 9.17) is 16.3 Å². The molecule has 0 fully saturated rings. The number of methoxy groups -OCH3 is 1. The number of fused-ring (bicyclic) bond motifs is 3. The van der Waals surface area contributed by atoms with Gasteiger partial charge in [0.1, 0.15) is 11.6 Å². The summed E-state index contributed by atoms with van der Waals surface area (Å²) in [5, 5.41) is 3.44. The molecule has 0 atom stereocenters. The Balaban J connectivity index is 1.83. The number of aromatic nitrogens is 1. The van der Waals surface area contributed by atoms with E-state index in [0.29, 0.717) is 33.1 Å². The van der Waals surface area contributed by atoms with Crippen LogP contribution in [-0.4, -0.2) is 12.1 Å². The van der Waals surface area contributed by atoms with Crippen LogP contribution in [0.15, 0.2) is 77.6 Å². The summed E-state index contributed by atoms with van der Waals surface area (Å²) in [5.74, 6) is 0.0976. The zero-order valence-corrected chi connectivity index (χ0v) is 16.7. The maximum atomic E-state index is 13.7. The molecule has 30 heavy (non-hydrogen) atoms. The highest BCUT2D eigenvalue weighted by Gasteiger charge is 2.12. The lowest BCUT2D eigenvalue weighted by Gasteiger charge is -2.09. The summed E-state index contributed by atoms with van der Waals surface area (Å²) >= 11 is 5.93. The van der Waals surface area contributed by atoms with Gasteiger partial charge in [-0.15, -0.1) is 0 Å². The van der Waals surface area contributed by atoms with Gasteiger partial charge in [0.05, 0.1) is 23.3 Å². The monoisotopic (exact) mass is 415 g/mol. The molecule has 0 radical (unpaired) electrons. The first-order valence-electron chi connectivity index (χ1n) is 9.35. The van der Waals surface area contributed by atoms with E-state index in [1.54, 1.807) is 19.2 Å². The van der Waals surface area contributed by atoms with Gasteiger partial charge >= 0.3 is 0 Å². The first-order valence-corrected chi connectivity index (χ1v) is 9.73. The van der Waals surface area contributed by atoms with Crippen LogP contribution in [-0.2, 0) is 0 Å². The van der Waals surface area contributed by atoms with Crippen molar-refractivity contribution >= 4 is 44.0 Å². The molecule has 5 heteroatoms. The Morgan fingerprint density at radius 1 is 0.867 bits per heavy atom. The van der Waals surface area contributed by atoms with Crippen LogP contribution in [0.4, 0.5) is 4.39 Å². The molecule has 1 heterocycles. The van der Waals surface area contributed by atoms with Gasteiger partial charge < -0.3 is 4.74 Å². The SMILES string of the molecule is COc1cc(-c2ccc3cc(F)c(Cl)cc3n2)cc2c(=O)c3ccccc3ccc12. The van der Waals surface area contributed by atoms with E-state index < -0.39 is 5.82 Å². The summed E-state index contributed by atoms with van der Waals surface area (Å²) in [6.45, 7) is 0. The van der Waals surface area contributed by atoms with E-state index in [9.17, 15) is 9.18 Å². The van der Waals surface area contributed by atoms with Gasteiger partial charge in [-0.2, -0.15) is 0 Å². The lowest BCUT2D eigenvalue weighted by molar-refractivity contribution is 0.420. The fourth-order valence-electron chi connectivity index (χ4n) is 3.75. The van der Waals surface area contributed by atoms with Gasteiger partial charge in [-0.05, 0) is 41.8 Å². The normalized spacial score (nSPS) is 11.3. The Hall–Kier alpha value is -3.50. The van der Waals surface area contributed by atoms with Crippen molar-refractivity contribution in [3.8, 4) is 17.0 Å². The molecule has 0 amide bonds. The first kappa shape index (κ1) is 18.5. The fourth-order valence-corrected chi connectivity index (χ4v) is 3.91. The molecular formula is C25H15ClFNO2. The second kappa shape index (κ2) is 7.08. The van der Waals surface area contributed by atoms with Gasteiger partial charge in [0.15, 0.2) is 5.43 Å². The van der Waals surface area contributed by atoms with Gasteiger partial charge in [-0.3, -0.25) is 4.79 Å². The first-order chi connectivity index (χ1) is 14.5. The Morgan fingerprint density at radius 3 is 2.50 bits per heavy atom. The van der Waals surface area contributed by atoms with Crippen LogP contribution in [0, 0.1) is 5.82 Å². The number of hydrogen-bond acceptors (Lipinski definition) is 3. The average Bonchev–Trinajstić information content (AvgIpc) is 2.91. The molecule has 0 unspecified atom stereocenters. The summed E-state index contributed by atoms with van der Waals surface area (Å²) in [7, 11) is 1.58. The molecule has 0 N–H and O–H groups in total. The molecule has 0 spiro atoms. The molecule has 0 saturated carbocycles. The largest absolute Gasteiger partial charge is 0.496 e. The lowest BCUT2D eigenvalue weighted by Crippen LogP contribution is -2.00. The summed E-state index contributed by atoms with van der Waals surface area (Å²) in [6, 6.07) is 21.4. The molecule has 1 aromatic heterocycles. The summed E-state index contributed by atoms with van der Waals surface area (Å²) in [4.78, 5) is 17.9. The third-order valence-corrected chi connectivity index (χ3v) is 5.56. The lowest BCUT2D eigenvalue weighted by atomic mass is 10.0. The van der Waals surface area contributed by atoms with Crippen LogP contribution >= 0.6 is 11.6 Å². The van der Waals surface area contributed by atoms with E-state index in [0.717, 1.165) is 16.3 Å². The third-order valence-electron chi connectivity index (χ3n) is 5.27. The van der Waals surface area contributed by atoms with Crippen LogP contribution in [0.3, 0.4) is 0 Å². The van der Waals surface area contributed by atoms with Gasteiger partial charge in [-0.1, -0.05) is 48.0 Å². The molecule has 5 rings (SSSR count). The van der Waals surface area contributed by atoms with E-state index in [1.165, 1.54) is 12.1 Å². The van der Waals surface area contributed by atoms with E-state index >= 15 is 0 Å². The Morgan fingerprint density at radius 2 is 1.67 bits per heavy atom. The van der Waals surface area contributed by atoms with Crippen molar-refractivity contribution < 1.29 is 9.13 Å². The van der Waals surface area contributed by atoms with E-state index in [2.05, 4.69) is 4.98 Å². The van der Waals surface area contributed by atoms with Gasteiger partial charge in [0.2, 0.25) is 0 Å². The topological polar surface area (TPSA) is 39.2 Å². The number of hydrogen-bond donors (Lipinski definition) is 0. The van der Waals surface area contributed by atoms with Gasteiger partial charge in [-0.25, -0.2) is 9.37 Å². The molecule has 3 nitrogen and oxygen atoms in total. The molecular weight excluding hydrogens is 401 g/mol. The fraction of sp³-hybridized carbons (Fsp3) is 0.0400. The van der Waals surface area contributed by atoms with Crippen molar-refractivity contribution in [1.29, 1.82) is 0 Å². The minimum Gasteiger partial charge on any atom is -0.496 e. The zero-order chi connectivity index (χ0) is 20.8. The zero-order valence-electron chi connectivity index (χ0n) is 15.9.